The maximum Gasteiger partial charge on any atom is 0.422 e. The van der Waals surface area contributed by atoms with Gasteiger partial charge < -0.3 is 9.64 Å². The number of ether oxygens (including phenoxy) is 1. The first kappa shape index (κ1) is 14.8. The van der Waals surface area contributed by atoms with Gasteiger partial charge in [-0.05, 0) is 40.5 Å². The quantitative estimate of drug-likeness (QED) is 0.758. The lowest BCUT2D eigenvalue weighted by Gasteiger charge is -2.34. The van der Waals surface area contributed by atoms with Gasteiger partial charge in [-0.3, -0.25) is 5.43 Å². The van der Waals surface area contributed by atoms with E-state index < -0.39 is 11.7 Å². The molecule has 5 heteroatoms. The van der Waals surface area contributed by atoms with Gasteiger partial charge in [0.2, 0.25) is 0 Å². The molecule has 0 aromatic rings. The molecule has 0 atom stereocenters. The zero-order chi connectivity index (χ0) is 13.8. The van der Waals surface area contributed by atoms with Crippen LogP contribution >= 0.6 is 0 Å². The van der Waals surface area contributed by atoms with E-state index in [1.807, 2.05) is 27.7 Å². The monoisotopic (exact) mass is 255 g/mol. The van der Waals surface area contributed by atoms with Crippen molar-refractivity contribution in [3.05, 3.63) is 12.3 Å². The van der Waals surface area contributed by atoms with Crippen LogP contribution in [0, 0.1) is 0 Å². The minimum Gasteiger partial charge on any atom is -0.443 e. The van der Waals surface area contributed by atoms with Crippen molar-refractivity contribution in [1.29, 1.82) is 0 Å². The highest BCUT2D eigenvalue weighted by atomic mass is 16.6. The Kier molecular flexibility index (Phi) is 5.02. The minimum atomic E-state index is -0.463. The zero-order valence-electron chi connectivity index (χ0n) is 11.9. The SMILES string of the molecule is C=C(C)N1CCC(NNC(=O)OC(C)(C)C)CC1. The number of hydrazine groups is 1. The topological polar surface area (TPSA) is 53.6 Å². The van der Waals surface area contributed by atoms with E-state index in [-0.39, 0.29) is 0 Å². The molecule has 1 rings (SSSR count). The lowest BCUT2D eigenvalue weighted by atomic mass is 10.1. The Labute approximate surface area is 110 Å². The Morgan fingerprint density at radius 3 is 2.33 bits per heavy atom. The molecule has 1 aliphatic rings. The van der Waals surface area contributed by atoms with Gasteiger partial charge in [-0.15, -0.1) is 0 Å². The molecule has 0 aliphatic carbocycles. The fourth-order valence-electron chi connectivity index (χ4n) is 1.87. The van der Waals surface area contributed by atoms with E-state index in [1.54, 1.807) is 0 Å². The number of hydrogen-bond donors (Lipinski definition) is 2. The average Bonchev–Trinajstić information content (AvgIpc) is 2.24. The smallest absolute Gasteiger partial charge is 0.422 e. The number of allylic oxidation sites excluding steroid dienone is 1. The van der Waals surface area contributed by atoms with Gasteiger partial charge in [0.05, 0.1) is 0 Å². The Bertz CT molecular complexity index is 302. The van der Waals surface area contributed by atoms with Crippen molar-refractivity contribution in [3.63, 3.8) is 0 Å². The van der Waals surface area contributed by atoms with Crippen LogP contribution in [0.4, 0.5) is 4.79 Å². The molecule has 5 nitrogen and oxygen atoms in total. The third-order valence-electron chi connectivity index (χ3n) is 2.81. The summed E-state index contributed by atoms with van der Waals surface area (Å²) in [5, 5.41) is 0. The first-order chi connectivity index (χ1) is 8.28. The number of nitrogens with zero attached hydrogens (tertiary/aromatic N) is 1. The molecule has 0 spiro atoms. The molecule has 0 saturated carbocycles. The summed E-state index contributed by atoms with van der Waals surface area (Å²) in [5.74, 6) is 0. The van der Waals surface area contributed by atoms with Gasteiger partial charge in [0, 0.05) is 24.8 Å². The van der Waals surface area contributed by atoms with Crippen molar-refractivity contribution in [2.45, 2.75) is 52.2 Å². The molecule has 104 valence electrons. The van der Waals surface area contributed by atoms with Gasteiger partial charge >= 0.3 is 6.09 Å². The molecule has 18 heavy (non-hydrogen) atoms. The van der Waals surface area contributed by atoms with Crippen LogP contribution in [0.15, 0.2) is 12.3 Å². The zero-order valence-corrected chi connectivity index (χ0v) is 11.9. The molecule has 1 amide bonds. The minimum absolute atomic E-state index is 0.299. The Morgan fingerprint density at radius 2 is 1.89 bits per heavy atom. The Hall–Kier alpha value is -1.23. The molecule has 1 heterocycles. The number of likely N-dealkylation sites (tertiary alicyclic amines) is 1. The Morgan fingerprint density at radius 1 is 1.33 bits per heavy atom. The van der Waals surface area contributed by atoms with Gasteiger partial charge in [0.15, 0.2) is 0 Å². The van der Waals surface area contributed by atoms with Gasteiger partial charge in [0.25, 0.3) is 0 Å². The summed E-state index contributed by atoms with van der Waals surface area (Å²) in [7, 11) is 0. The van der Waals surface area contributed by atoms with Crippen LogP contribution in [0.3, 0.4) is 0 Å². The van der Waals surface area contributed by atoms with E-state index in [1.165, 1.54) is 0 Å². The highest BCUT2D eigenvalue weighted by molar-refractivity contribution is 5.67. The first-order valence-electron chi connectivity index (χ1n) is 6.43. The summed E-state index contributed by atoms with van der Waals surface area (Å²) in [6.07, 6.45) is 1.55. The van der Waals surface area contributed by atoms with Gasteiger partial charge in [-0.2, -0.15) is 0 Å². The number of carbonyl (C=O) groups excluding carboxylic acids is 1. The molecular weight excluding hydrogens is 230 g/mol. The van der Waals surface area contributed by atoms with Crippen molar-refractivity contribution in [2.24, 2.45) is 0 Å². The van der Waals surface area contributed by atoms with Gasteiger partial charge in [0.1, 0.15) is 5.60 Å². The average molecular weight is 255 g/mol. The van der Waals surface area contributed by atoms with Gasteiger partial charge in [-0.1, -0.05) is 6.58 Å². The van der Waals surface area contributed by atoms with Crippen LogP contribution in [0.1, 0.15) is 40.5 Å². The van der Waals surface area contributed by atoms with Crippen molar-refractivity contribution in [1.82, 2.24) is 15.8 Å². The first-order valence-corrected chi connectivity index (χ1v) is 6.43. The van der Waals surface area contributed by atoms with Crippen LogP contribution in [-0.2, 0) is 4.74 Å². The summed E-state index contributed by atoms with van der Waals surface area (Å²) in [6.45, 7) is 13.4. The number of nitrogens with one attached hydrogen (secondary N) is 2. The van der Waals surface area contributed by atoms with E-state index in [9.17, 15) is 4.79 Å². The van der Waals surface area contributed by atoms with Crippen molar-refractivity contribution in [3.8, 4) is 0 Å². The summed E-state index contributed by atoms with van der Waals surface area (Å²) >= 11 is 0. The Balaban J connectivity index is 2.22. The third kappa shape index (κ3) is 5.40. The fraction of sp³-hybridized carbons (Fsp3) is 0.769. The second-order valence-corrected chi connectivity index (χ2v) is 5.77. The normalized spacial score (nSPS) is 17.4. The van der Waals surface area contributed by atoms with E-state index in [0.717, 1.165) is 31.6 Å². The van der Waals surface area contributed by atoms with Crippen LogP contribution < -0.4 is 10.9 Å². The maximum atomic E-state index is 11.5. The highest BCUT2D eigenvalue weighted by Gasteiger charge is 2.20. The summed E-state index contributed by atoms with van der Waals surface area (Å²) in [5.41, 5.74) is 6.27. The molecule has 0 bridgehead atoms. The van der Waals surface area contributed by atoms with E-state index in [0.29, 0.717) is 6.04 Å². The fourth-order valence-corrected chi connectivity index (χ4v) is 1.87. The predicted molar refractivity (Wildman–Crippen MR) is 71.9 cm³/mol. The molecule has 1 saturated heterocycles. The number of carbonyl (C=O) groups is 1. The van der Waals surface area contributed by atoms with Crippen LogP contribution in [0.5, 0.6) is 0 Å². The second kappa shape index (κ2) is 6.09. The second-order valence-electron chi connectivity index (χ2n) is 5.77. The molecule has 1 fully saturated rings. The molecule has 0 unspecified atom stereocenters. The van der Waals surface area contributed by atoms with E-state index in [4.69, 9.17) is 4.74 Å². The molecule has 0 aromatic heterocycles. The molecular formula is C13H25N3O2. The van der Waals surface area contributed by atoms with Crippen LogP contribution in [-0.4, -0.2) is 35.7 Å². The molecule has 2 N–H and O–H groups in total. The number of piperidine rings is 1. The molecule has 1 aliphatic heterocycles. The maximum absolute atomic E-state index is 11.5. The van der Waals surface area contributed by atoms with Crippen molar-refractivity contribution < 1.29 is 9.53 Å². The van der Waals surface area contributed by atoms with Crippen LogP contribution in [0.25, 0.3) is 0 Å². The van der Waals surface area contributed by atoms with Gasteiger partial charge in [-0.25, -0.2) is 10.2 Å². The summed E-state index contributed by atoms with van der Waals surface area (Å²) in [4.78, 5) is 13.7. The lowest BCUT2D eigenvalue weighted by Crippen LogP contribution is -2.50. The number of hydrogen-bond acceptors (Lipinski definition) is 4. The number of rotatable bonds is 3. The van der Waals surface area contributed by atoms with Crippen molar-refractivity contribution >= 4 is 6.09 Å². The number of amides is 1. The lowest BCUT2D eigenvalue weighted by molar-refractivity contribution is 0.0478. The largest absolute Gasteiger partial charge is 0.443 e. The van der Waals surface area contributed by atoms with Crippen LogP contribution in [0.2, 0.25) is 0 Å². The van der Waals surface area contributed by atoms with Crippen molar-refractivity contribution in [2.75, 3.05) is 13.1 Å². The predicted octanol–water partition coefficient (Wildman–Crippen LogP) is 2.01. The van der Waals surface area contributed by atoms with E-state index in [2.05, 4.69) is 22.3 Å². The molecule has 0 radical (unpaired) electrons. The van der Waals surface area contributed by atoms with E-state index >= 15 is 0 Å². The molecule has 0 aromatic carbocycles. The highest BCUT2D eigenvalue weighted by Crippen LogP contribution is 2.13. The standard InChI is InChI=1S/C13H25N3O2/c1-10(2)16-8-6-11(7-9-16)14-15-12(17)18-13(3,4)5/h11,14H,1,6-9H2,2-5H3,(H,15,17). The summed E-state index contributed by atoms with van der Waals surface area (Å²) < 4.78 is 5.15. The third-order valence-corrected chi connectivity index (χ3v) is 2.81. The summed E-state index contributed by atoms with van der Waals surface area (Å²) in [6, 6.07) is 0.299.